The smallest absolute Gasteiger partial charge is 0.264 e. The van der Waals surface area contributed by atoms with Crippen LogP contribution >= 0.6 is 23.2 Å². The first-order valence-electron chi connectivity index (χ1n) is 14.7. The van der Waals surface area contributed by atoms with Crippen molar-refractivity contribution in [3.8, 4) is 28.7 Å². The van der Waals surface area contributed by atoms with Crippen LogP contribution in [0.5, 0.6) is 11.5 Å². The maximum atomic E-state index is 14.3. The lowest BCUT2D eigenvalue weighted by atomic mass is 9.91. The fourth-order valence-corrected chi connectivity index (χ4v) is 6.28. The zero-order valence-electron chi connectivity index (χ0n) is 26.7. The van der Waals surface area contributed by atoms with Crippen LogP contribution in [0.25, 0.3) is 22.2 Å². The van der Waals surface area contributed by atoms with E-state index in [0.29, 0.717) is 73.3 Å². The van der Waals surface area contributed by atoms with Crippen molar-refractivity contribution < 1.29 is 14.3 Å². The number of piperazine rings is 1. The van der Waals surface area contributed by atoms with Gasteiger partial charge >= 0.3 is 0 Å². The Balaban J connectivity index is 1.69. The lowest BCUT2D eigenvalue weighted by Crippen LogP contribution is -2.51. The van der Waals surface area contributed by atoms with Gasteiger partial charge in [-0.3, -0.25) is 19.1 Å². The molecule has 1 saturated heterocycles. The predicted molar refractivity (Wildman–Crippen MR) is 177 cm³/mol. The Kier molecular flexibility index (Phi) is 10.6. The number of carbonyl (C=O) groups excluding carboxylic acids is 1. The molecule has 0 spiro atoms. The molecule has 13 heteroatoms. The van der Waals surface area contributed by atoms with Gasteiger partial charge in [0.2, 0.25) is 5.95 Å². The van der Waals surface area contributed by atoms with Gasteiger partial charge in [-0.15, -0.1) is 0 Å². The molecule has 2 aromatic heterocycles. The Morgan fingerprint density at radius 2 is 1.73 bits per heavy atom. The molecule has 1 aliphatic heterocycles. The summed E-state index contributed by atoms with van der Waals surface area (Å²) in [5.41, 5.74) is 0.487. The fourth-order valence-electron chi connectivity index (χ4n) is 5.58. The highest BCUT2D eigenvalue weighted by molar-refractivity contribution is 6.41. The van der Waals surface area contributed by atoms with Crippen molar-refractivity contribution in [1.29, 1.82) is 5.26 Å². The van der Waals surface area contributed by atoms with Gasteiger partial charge in [0.05, 0.1) is 29.8 Å². The summed E-state index contributed by atoms with van der Waals surface area (Å²) in [4.78, 5) is 40.3. The largest absolute Gasteiger partial charge is 0.495 e. The van der Waals surface area contributed by atoms with Crippen LogP contribution in [0.15, 0.2) is 34.8 Å². The number of allylic oxidation sites excluding steroid dienone is 1. The zero-order valence-corrected chi connectivity index (χ0v) is 28.2. The van der Waals surface area contributed by atoms with Crippen LogP contribution in [-0.2, 0) is 11.3 Å². The quantitative estimate of drug-likeness (QED) is 0.234. The van der Waals surface area contributed by atoms with E-state index in [1.165, 1.54) is 14.2 Å². The molecule has 0 radical (unpaired) electrons. The van der Waals surface area contributed by atoms with Gasteiger partial charge in [0.25, 0.3) is 11.5 Å². The third-order valence-corrected chi connectivity index (χ3v) is 8.39. The molecule has 0 unspecified atom stereocenters. The molecule has 11 nitrogen and oxygen atoms in total. The highest BCUT2D eigenvalue weighted by Gasteiger charge is 2.30. The molecule has 1 amide bonds. The number of hydrogen-bond donors (Lipinski definition) is 1. The summed E-state index contributed by atoms with van der Waals surface area (Å²) in [7, 11) is 4.67. The standard InChI is InChI=1S/C32H39Cl2N7O4/c1-19(2)12-20(15-35)29(42)40-10-8-39(9-11-40)17-32(3,4)18-41-28-21(16-37-31(36-5)38-28)13-22(30(41)43)25-26(33)23(44-6)14-24(45-7)27(25)34/h12-14,16,19H,8-11,17-18H2,1-7H3,(H,36,37,38). The molecule has 3 heterocycles. The van der Waals surface area contributed by atoms with Crippen LogP contribution in [0.1, 0.15) is 27.7 Å². The van der Waals surface area contributed by atoms with Gasteiger partial charge in [0.1, 0.15) is 28.8 Å². The predicted octanol–water partition coefficient (Wildman–Crippen LogP) is 5.10. The molecule has 1 N–H and O–H groups in total. The maximum Gasteiger partial charge on any atom is 0.264 e. The Labute approximate surface area is 273 Å². The number of fused-ring (bicyclic) bond motifs is 1. The van der Waals surface area contributed by atoms with E-state index in [-0.39, 0.29) is 38.6 Å². The van der Waals surface area contributed by atoms with E-state index in [9.17, 15) is 14.9 Å². The molecule has 240 valence electrons. The van der Waals surface area contributed by atoms with E-state index in [0.717, 1.165) is 0 Å². The average Bonchev–Trinajstić information content (AvgIpc) is 3.01. The molecular weight excluding hydrogens is 617 g/mol. The van der Waals surface area contributed by atoms with Gasteiger partial charge in [-0.25, -0.2) is 4.98 Å². The normalized spacial score (nSPS) is 14.5. The molecule has 1 aromatic carbocycles. The SMILES string of the molecule is CNc1ncc2cc(-c3c(Cl)c(OC)cc(OC)c3Cl)c(=O)n(CC(C)(C)CN3CCN(C(=O)C(C#N)=CC(C)C)CC3)c2n1. The van der Waals surface area contributed by atoms with Crippen LogP contribution in [0, 0.1) is 22.7 Å². The number of nitrogens with zero attached hydrogens (tertiary/aromatic N) is 6. The third kappa shape index (κ3) is 7.35. The number of amides is 1. The highest BCUT2D eigenvalue weighted by Crippen LogP contribution is 2.45. The second kappa shape index (κ2) is 14.1. The zero-order chi connectivity index (χ0) is 33.1. The Morgan fingerprint density at radius 1 is 1.11 bits per heavy atom. The van der Waals surface area contributed by atoms with Gasteiger partial charge in [0.15, 0.2) is 0 Å². The van der Waals surface area contributed by atoms with Crippen LogP contribution in [0.2, 0.25) is 10.0 Å². The summed E-state index contributed by atoms with van der Waals surface area (Å²) in [6.45, 7) is 11.3. The Bertz CT molecular complexity index is 1690. The molecule has 1 fully saturated rings. The molecule has 0 atom stereocenters. The minimum absolute atomic E-state index is 0.108. The number of rotatable bonds is 10. The van der Waals surface area contributed by atoms with Crippen LogP contribution < -0.4 is 20.3 Å². The maximum absolute atomic E-state index is 14.3. The van der Waals surface area contributed by atoms with Crippen molar-refractivity contribution in [2.45, 2.75) is 34.2 Å². The average molecular weight is 657 g/mol. The lowest BCUT2D eigenvalue weighted by molar-refractivity contribution is -0.128. The molecule has 45 heavy (non-hydrogen) atoms. The van der Waals surface area contributed by atoms with Gasteiger partial charge in [-0.1, -0.05) is 57.0 Å². The topological polar surface area (TPSA) is 126 Å². The van der Waals surface area contributed by atoms with Gasteiger partial charge in [0, 0.05) is 69.5 Å². The van der Waals surface area contributed by atoms with Crippen molar-refractivity contribution >= 4 is 46.1 Å². The number of anilines is 1. The van der Waals surface area contributed by atoms with Crippen molar-refractivity contribution in [1.82, 2.24) is 24.3 Å². The monoisotopic (exact) mass is 655 g/mol. The molecule has 0 saturated carbocycles. The van der Waals surface area contributed by atoms with Crippen molar-refractivity contribution in [3.63, 3.8) is 0 Å². The van der Waals surface area contributed by atoms with Gasteiger partial charge in [-0.05, 0) is 17.4 Å². The number of aromatic nitrogens is 3. The molecule has 3 aromatic rings. The van der Waals surface area contributed by atoms with Gasteiger partial charge in [-0.2, -0.15) is 10.2 Å². The number of carbonyl (C=O) groups is 1. The number of nitrogens with one attached hydrogen (secondary N) is 1. The second-order valence-corrected chi connectivity index (χ2v) is 12.9. The summed E-state index contributed by atoms with van der Waals surface area (Å²) in [6, 6.07) is 5.31. The number of halogens is 2. The first kappa shape index (κ1) is 34.0. The molecule has 0 bridgehead atoms. The fraction of sp³-hybridized carbons (Fsp3) is 0.469. The summed E-state index contributed by atoms with van der Waals surface area (Å²) >= 11 is 13.5. The lowest BCUT2D eigenvalue weighted by Gasteiger charge is -2.39. The number of hydrogen-bond acceptors (Lipinski definition) is 9. The first-order valence-corrected chi connectivity index (χ1v) is 15.4. The molecular formula is C32H39Cl2N7O4. The molecule has 0 aliphatic carbocycles. The summed E-state index contributed by atoms with van der Waals surface area (Å²) in [5.74, 6) is 0.896. The number of methoxy groups -OCH3 is 2. The van der Waals surface area contributed by atoms with E-state index < -0.39 is 5.41 Å². The number of nitriles is 1. The van der Waals surface area contributed by atoms with E-state index in [1.54, 1.807) is 40.9 Å². The number of ether oxygens (including phenoxy) is 2. The Hall–Kier alpha value is -3.85. The third-order valence-electron chi connectivity index (χ3n) is 7.64. The number of benzene rings is 1. The van der Waals surface area contributed by atoms with Gasteiger partial charge < -0.3 is 19.7 Å². The van der Waals surface area contributed by atoms with Crippen LogP contribution in [-0.4, -0.2) is 84.2 Å². The highest BCUT2D eigenvalue weighted by atomic mass is 35.5. The van der Waals surface area contributed by atoms with E-state index >= 15 is 0 Å². The van der Waals surface area contributed by atoms with Crippen LogP contribution in [0.3, 0.4) is 0 Å². The Morgan fingerprint density at radius 3 is 2.27 bits per heavy atom. The van der Waals surface area contributed by atoms with E-state index in [4.69, 9.17) is 32.7 Å². The number of pyridine rings is 1. The van der Waals surface area contributed by atoms with Crippen molar-refractivity contribution in [2.75, 3.05) is 59.3 Å². The molecule has 4 rings (SSSR count). The first-order chi connectivity index (χ1) is 21.3. The minimum atomic E-state index is -0.401. The molecule has 1 aliphatic rings. The summed E-state index contributed by atoms with van der Waals surface area (Å²) < 4.78 is 12.5. The van der Waals surface area contributed by atoms with Crippen molar-refractivity contribution in [2.24, 2.45) is 11.3 Å². The minimum Gasteiger partial charge on any atom is -0.495 e. The van der Waals surface area contributed by atoms with E-state index in [1.807, 2.05) is 19.9 Å². The summed E-state index contributed by atoms with van der Waals surface area (Å²) in [6.07, 6.45) is 3.36. The van der Waals surface area contributed by atoms with Crippen LogP contribution in [0.4, 0.5) is 5.95 Å². The van der Waals surface area contributed by atoms with E-state index in [2.05, 4.69) is 34.0 Å². The summed E-state index contributed by atoms with van der Waals surface area (Å²) in [5, 5.41) is 13.4. The van der Waals surface area contributed by atoms with Crippen molar-refractivity contribution in [3.05, 3.63) is 50.4 Å². The second-order valence-electron chi connectivity index (χ2n) is 12.1.